The minimum Gasteiger partial charge on any atom is -0.354 e. The molecule has 0 N–H and O–H groups in total. The predicted octanol–water partition coefficient (Wildman–Crippen LogP) is 2.63. The highest BCUT2D eigenvalue weighted by Crippen LogP contribution is 2.16. The molecule has 0 aliphatic rings. The summed E-state index contributed by atoms with van der Waals surface area (Å²) in [7, 11) is 2.99. The molecular weight excluding hydrogens is 338 g/mol. The Labute approximate surface area is 150 Å². The van der Waals surface area contributed by atoms with E-state index in [2.05, 4.69) is 4.98 Å². The maximum atomic E-state index is 12.7. The number of hydrogen-bond acceptors (Lipinski definition) is 6. The van der Waals surface area contributed by atoms with Gasteiger partial charge in [-0.1, -0.05) is 48.2 Å². The normalized spacial score (nSPS) is 11.2. The average Bonchev–Trinajstić information content (AvgIpc) is 2.66. The summed E-state index contributed by atoms with van der Waals surface area (Å²) < 4.78 is 11.7. The number of benzene rings is 1. The highest BCUT2D eigenvalue weighted by molar-refractivity contribution is 7.98. The van der Waals surface area contributed by atoms with Crippen LogP contribution in [0, 0.1) is 11.3 Å². The van der Waals surface area contributed by atoms with Gasteiger partial charge in [-0.25, -0.2) is 4.98 Å². The van der Waals surface area contributed by atoms with E-state index in [9.17, 15) is 10.1 Å². The first-order chi connectivity index (χ1) is 12.1. The smallest absolute Gasteiger partial charge is 0.272 e. The van der Waals surface area contributed by atoms with Gasteiger partial charge in [0.05, 0.1) is 12.2 Å². The lowest BCUT2D eigenvalue weighted by Gasteiger charge is -2.17. The highest BCUT2D eigenvalue weighted by Gasteiger charge is 2.17. The number of aromatic nitrogens is 2. The van der Waals surface area contributed by atoms with Crippen molar-refractivity contribution in [2.24, 2.45) is 0 Å². The van der Waals surface area contributed by atoms with E-state index >= 15 is 0 Å². The van der Waals surface area contributed by atoms with E-state index in [1.165, 1.54) is 30.5 Å². The second-order valence-electron chi connectivity index (χ2n) is 5.03. The molecule has 7 heteroatoms. The third kappa shape index (κ3) is 4.57. The van der Waals surface area contributed by atoms with Crippen LogP contribution in [0.3, 0.4) is 0 Å². The van der Waals surface area contributed by atoms with E-state index in [1.54, 1.807) is 6.08 Å². The van der Waals surface area contributed by atoms with Crippen LogP contribution in [0.5, 0.6) is 0 Å². The predicted molar refractivity (Wildman–Crippen MR) is 98.2 cm³/mol. The minimum absolute atomic E-state index is 0.00376. The largest absolute Gasteiger partial charge is 0.354 e. The highest BCUT2D eigenvalue weighted by atomic mass is 32.2. The van der Waals surface area contributed by atoms with Gasteiger partial charge in [-0.3, -0.25) is 9.36 Å². The quantitative estimate of drug-likeness (QED) is 0.431. The Kier molecular flexibility index (Phi) is 6.95. The fourth-order valence-electron chi connectivity index (χ4n) is 2.23. The lowest BCUT2D eigenvalue weighted by Crippen LogP contribution is -2.32. The Bertz CT molecular complexity index is 837. The van der Waals surface area contributed by atoms with E-state index in [-0.39, 0.29) is 12.1 Å². The van der Waals surface area contributed by atoms with Crippen LogP contribution in [0.15, 0.2) is 40.3 Å². The second-order valence-corrected chi connectivity index (χ2v) is 5.80. The van der Waals surface area contributed by atoms with Gasteiger partial charge in [0.15, 0.2) is 11.4 Å². The fourth-order valence-corrected chi connectivity index (χ4v) is 2.79. The van der Waals surface area contributed by atoms with Crippen molar-refractivity contribution >= 4 is 23.9 Å². The van der Waals surface area contributed by atoms with Crippen molar-refractivity contribution < 1.29 is 9.47 Å². The van der Waals surface area contributed by atoms with Crippen LogP contribution < -0.4 is 5.56 Å². The van der Waals surface area contributed by atoms with Crippen LogP contribution in [0.2, 0.25) is 0 Å². The first-order valence-electron chi connectivity index (χ1n) is 7.52. The van der Waals surface area contributed by atoms with Gasteiger partial charge >= 0.3 is 0 Å². The Morgan fingerprint density at radius 1 is 1.28 bits per heavy atom. The van der Waals surface area contributed by atoms with Gasteiger partial charge in [0.1, 0.15) is 11.6 Å². The summed E-state index contributed by atoms with van der Waals surface area (Å²) in [5.74, 6) is 0. The summed E-state index contributed by atoms with van der Waals surface area (Å²) in [5.41, 5.74) is 0.898. The van der Waals surface area contributed by atoms with Gasteiger partial charge < -0.3 is 9.47 Å². The molecule has 0 spiro atoms. The third-order valence-corrected chi connectivity index (χ3v) is 4.22. The zero-order chi connectivity index (χ0) is 18.2. The molecule has 0 saturated carbocycles. The molecule has 0 amide bonds. The molecule has 2 rings (SSSR count). The lowest BCUT2D eigenvalue weighted by molar-refractivity contribution is -0.112. The molecule has 25 heavy (non-hydrogen) atoms. The maximum Gasteiger partial charge on any atom is 0.272 e. The molecule has 130 valence electrons. The summed E-state index contributed by atoms with van der Waals surface area (Å²) >= 11 is 1.33. The van der Waals surface area contributed by atoms with Crippen LogP contribution in [0.4, 0.5) is 0 Å². The Morgan fingerprint density at radius 3 is 2.52 bits per heavy atom. The Balaban J connectivity index is 2.49. The maximum absolute atomic E-state index is 12.7. The van der Waals surface area contributed by atoms with Crippen molar-refractivity contribution in [1.29, 1.82) is 5.26 Å². The van der Waals surface area contributed by atoms with Crippen molar-refractivity contribution in [3.63, 3.8) is 0 Å². The van der Waals surface area contributed by atoms with Crippen LogP contribution in [0.25, 0.3) is 12.2 Å². The summed E-state index contributed by atoms with van der Waals surface area (Å²) in [4.78, 5) is 17.2. The molecule has 0 saturated heterocycles. The summed E-state index contributed by atoms with van der Waals surface area (Å²) in [6, 6.07) is 11.6. The van der Waals surface area contributed by atoms with Gasteiger partial charge in [-0.15, -0.1) is 0 Å². The summed E-state index contributed by atoms with van der Waals surface area (Å²) in [5, 5.41) is 9.92. The van der Waals surface area contributed by atoms with Crippen molar-refractivity contribution in [3.05, 3.63) is 57.5 Å². The lowest BCUT2D eigenvalue weighted by atomic mass is 10.1. The molecule has 1 aromatic carbocycles. The zero-order valence-corrected chi connectivity index (χ0v) is 15.1. The van der Waals surface area contributed by atoms with E-state index in [1.807, 2.05) is 48.7 Å². The SMILES string of the molecule is COC(Cn1c(SC)nc(/C=C/c2ccccc2)c(C#N)c1=O)OC. The Hall–Kier alpha value is -2.40. The van der Waals surface area contributed by atoms with Crippen LogP contribution >= 0.6 is 11.8 Å². The number of methoxy groups -OCH3 is 2. The topological polar surface area (TPSA) is 77.1 Å². The monoisotopic (exact) mass is 357 g/mol. The van der Waals surface area contributed by atoms with Crippen molar-refractivity contribution in [2.45, 2.75) is 18.0 Å². The molecule has 0 unspecified atom stereocenters. The van der Waals surface area contributed by atoms with Crippen LogP contribution in [-0.2, 0) is 16.0 Å². The van der Waals surface area contributed by atoms with Gasteiger partial charge in [-0.05, 0) is 17.9 Å². The van der Waals surface area contributed by atoms with Crippen molar-refractivity contribution in [3.8, 4) is 6.07 Å². The fraction of sp³-hybridized carbons (Fsp3) is 0.278. The molecule has 0 atom stereocenters. The Morgan fingerprint density at radius 2 is 1.96 bits per heavy atom. The first kappa shape index (κ1) is 18.9. The van der Waals surface area contributed by atoms with E-state index in [0.29, 0.717) is 10.9 Å². The molecule has 1 aromatic heterocycles. The zero-order valence-electron chi connectivity index (χ0n) is 14.3. The molecule has 0 bridgehead atoms. The van der Waals surface area contributed by atoms with E-state index < -0.39 is 11.8 Å². The van der Waals surface area contributed by atoms with Crippen LogP contribution in [-0.4, -0.2) is 36.3 Å². The number of nitriles is 1. The molecule has 0 aliphatic carbocycles. The van der Waals surface area contributed by atoms with E-state index in [0.717, 1.165) is 5.56 Å². The van der Waals surface area contributed by atoms with Gasteiger partial charge in [0.2, 0.25) is 0 Å². The van der Waals surface area contributed by atoms with Crippen molar-refractivity contribution in [1.82, 2.24) is 9.55 Å². The summed E-state index contributed by atoms with van der Waals surface area (Å²) in [6.07, 6.45) is 4.74. The van der Waals surface area contributed by atoms with Gasteiger partial charge in [-0.2, -0.15) is 5.26 Å². The molecule has 2 aromatic rings. The third-order valence-electron chi connectivity index (χ3n) is 3.55. The first-order valence-corrected chi connectivity index (χ1v) is 8.74. The second kappa shape index (κ2) is 9.18. The number of hydrogen-bond donors (Lipinski definition) is 0. The minimum atomic E-state index is -0.595. The molecule has 0 aliphatic heterocycles. The number of thioether (sulfide) groups is 1. The summed E-state index contributed by atoms with van der Waals surface area (Å²) in [6.45, 7) is 0.159. The number of rotatable bonds is 7. The van der Waals surface area contributed by atoms with Crippen molar-refractivity contribution in [2.75, 3.05) is 20.5 Å². The molecule has 0 radical (unpaired) electrons. The van der Waals surface area contributed by atoms with Gasteiger partial charge in [0, 0.05) is 14.2 Å². The van der Waals surface area contributed by atoms with Crippen LogP contribution in [0.1, 0.15) is 16.8 Å². The standard InChI is InChI=1S/C18H19N3O3S/c1-23-16(24-2)12-21-17(22)14(11-19)15(20-18(21)25-3)10-9-13-7-5-4-6-8-13/h4-10,16H,12H2,1-3H3/b10-9+. The van der Waals surface area contributed by atoms with Gasteiger partial charge in [0.25, 0.3) is 5.56 Å². The van der Waals surface area contributed by atoms with E-state index in [4.69, 9.17) is 9.47 Å². The average molecular weight is 357 g/mol. The molecule has 0 fully saturated rings. The number of ether oxygens (including phenoxy) is 2. The molecule has 1 heterocycles. The molecule has 6 nitrogen and oxygen atoms in total. The molecular formula is C18H19N3O3S. The number of nitrogens with zero attached hydrogens (tertiary/aromatic N) is 3.